The number of benzene rings is 1. The summed E-state index contributed by atoms with van der Waals surface area (Å²) in [6.07, 6.45) is 0.872. The van der Waals surface area contributed by atoms with Crippen molar-refractivity contribution in [2.24, 2.45) is 0 Å². The van der Waals surface area contributed by atoms with E-state index in [0.717, 1.165) is 12.8 Å². The van der Waals surface area contributed by atoms with E-state index in [9.17, 15) is 14.9 Å². The summed E-state index contributed by atoms with van der Waals surface area (Å²) < 4.78 is 5.28. The van der Waals surface area contributed by atoms with Gasteiger partial charge < -0.3 is 9.84 Å². The van der Waals surface area contributed by atoms with Crippen molar-refractivity contribution in [3.63, 3.8) is 0 Å². The van der Waals surface area contributed by atoms with E-state index in [4.69, 9.17) is 9.84 Å². The lowest BCUT2D eigenvalue weighted by atomic mass is 10.1. The lowest BCUT2D eigenvalue weighted by Gasteiger charge is -2.13. The average Bonchev–Trinajstić information content (AvgIpc) is 2.38. The van der Waals surface area contributed by atoms with Gasteiger partial charge in [0.2, 0.25) is 0 Å². The second-order valence-corrected chi connectivity index (χ2v) is 4.18. The van der Waals surface area contributed by atoms with Gasteiger partial charge in [0.1, 0.15) is 0 Å². The Morgan fingerprint density at radius 2 is 2.26 bits per heavy atom. The van der Waals surface area contributed by atoms with Crippen LogP contribution in [0, 0.1) is 10.1 Å². The van der Waals surface area contributed by atoms with Crippen molar-refractivity contribution in [3.05, 3.63) is 39.9 Å². The molecule has 0 amide bonds. The molecule has 1 rings (SSSR count). The van der Waals surface area contributed by atoms with Crippen LogP contribution in [-0.2, 0) is 16.0 Å². The molecule has 0 bridgehead atoms. The number of carboxylic acids is 1. The molecule has 0 aliphatic carbocycles. The Morgan fingerprint density at radius 3 is 2.84 bits per heavy atom. The Labute approximate surface area is 111 Å². The maximum atomic E-state index is 11.1. The summed E-state index contributed by atoms with van der Waals surface area (Å²) in [7, 11) is 0. The predicted octanol–water partition coefficient (Wildman–Crippen LogP) is 2.41. The van der Waals surface area contributed by atoms with E-state index < -0.39 is 17.0 Å². The van der Waals surface area contributed by atoms with E-state index in [2.05, 4.69) is 0 Å². The Balaban J connectivity index is 2.70. The lowest BCUT2D eigenvalue weighted by Crippen LogP contribution is -2.26. The minimum atomic E-state index is -1.05. The smallest absolute Gasteiger partial charge is 0.333 e. The van der Waals surface area contributed by atoms with Gasteiger partial charge in [0.05, 0.1) is 4.92 Å². The molecule has 104 valence electrons. The first-order valence-corrected chi connectivity index (χ1v) is 6.12. The van der Waals surface area contributed by atoms with E-state index in [0.29, 0.717) is 12.2 Å². The maximum Gasteiger partial charge on any atom is 0.333 e. The third kappa shape index (κ3) is 5.05. The van der Waals surface area contributed by atoms with Gasteiger partial charge >= 0.3 is 5.97 Å². The first kappa shape index (κ1) is 15.1. The molecule has 0 saturated carbocycles. The van der Waals surface area contributed by atoms with E-state index in [1.165, 1.54) is 12.1 Å². The molecule has 6 heteroatoms. The van der Waals surface area contributed by atoms with E-state index >= 15 is 0 Å². The van der Waals surface area contributed by atoms with Crippen molar-refractivity contribution in [1.82, 2.24) is 0 Å². The fourth-order valence-corrected chi connectivity index (χ4v) is 1.60. The van der Waals surface area contributed by atoms with Crippen molar-refractivity contribution < 1.29 is 19.6 Å². The number of nitro groups is 1. The molecule has 0 aliphatic rings. The van der Waals surface area contributed by atoms with Gasteiger partial charge in [-0.1, -0.05) is 25.5 Å². The molecule has 0 unspecified atom stereocenters. The normalized spacial score (nSPS) is 12.1. The topological polar surface area (TPSA) is 89.7 Å². The van der Waals surface area contributed by atoms with Crippen LogP contribution in [0.15, 0.2) is 24.3 Å². The van der Waals surface area contributed by atoms with Gasteiger partial charge in [0.15, 0.2) is 6.10 Å². The molecule has 1 aromatic rings. The first-order valence-electron chi connectivity index (χ1n) is 6.12. The molecule has 1 N–H and O–H groups in total. The van der Waals surface area contributed by atoms with E-state index in [1.54, 1.807) is 12.1 Å². The van der Waals surface area contributed by atoms with Gasteiger partial charge in [-0.25, -0.2) is 4.79 Å². The number of aliphatic carboxylic acids is 1. The van der Waals surface area contributed by atoms with Crippen LogP contribution in [0.4, 0.5) is 5.69 Å². The Morgan fingerprint density at radius 1 is 1.53 bits per heavy atom. The van der Waals surface area contributed by atoms with Crippen LogP contribution in [0.2, 0.25) is 0 Å². The summed E-state index contributed by atoms with van der Waals surface area (Å²) in [6, 6.07) is 5.95. The Bertz CT molecular complexity index is 446. The van der Waals surface area contributed by atoms with Crippen molar-refractivity contribution in [3.8, 4) is 0 Å². The number of non-ortho nitro benzene ring substituents is 1. The summed E-state index contributed by atoms with van der Waals surface area (Å²) >= 11 is 0. The number of nitro benzene ring substituents is 1. The minimum Gasteiger partial charge on any atom is -0.479 e. The van der Waals surface area contributed by atoms with Crippen LogP contribution >= 0.6 is 0 Å². The number of carbonyl (C=O) groups is 1. The molecule has 0 aromatic heterocycles. The van der Waals surface area contributed by atoms with Crippen LogP contribution in [-0.4, -0.2) is 28.7 Å². The molecule has 1 atom stereocenters. The fourth-order valence-electron chi connectivity index (χ4n) is 1.60. The van der Waals surface area contributed by atoms with Gasteiger partial charge in [-0.05, 0) is 12.0 Å². The van der Waals surface area contributed by atoms with Gasteiger partial charge in [-0.2, -0.15) is 0 Å². The molecule has 0 saturated heterocycles. The van der Waals surface area contributed by atoms with Crippen LogP contribution in [0.5, 0.6) is 0 Å². The third-order valence-corrected chi connectivity index (χ3v) is 2.63. The first-order chi connectivity index (χ1) is 9.04. The molecular weight excluding hydrogens is 250 g/mol. The van der Waals surface area contributed by atoms with Crippen molar-refractivity contribution in [1.29, 1.82) is 0 Å². The summed E-state index contributed by atoms with van der Waals surface area (Å²) in [5.41, 5.74) is 0.535. The quantitative estimate of drug-likeness (QED) is 0.443. The minimum absolute atomic E-state index is 0.0461. The van der Waals surface area contributed by atoms with Crippen LogP contribution in [0.1, 0.15) is 25.3 Å². The third-order valence-electron chi connectivity index (χ3n) is 2.63. The van der Waals surface area contributed by atoms with Gasteiger partial charge in [-0.3, -0.25) is 10.1 Å². The fraction of sp³-hybridized carbons (Fsp3) is 0.462. The highest BCUT2D eigenvalue weighted by molar-refractivity contribution is 5.72. The zero-order valence-electron chi connectivity index (χ0n) is 10.7. The molecule has 19 heavy (non-hydrogen) atoms. The van der Waals surface area contributed by atoms with Gasteiger partial charge in [-0.15, -0.1) is 0 Å². The summed E-state index contributed by atoms with van der Waals surface area (Å²) in [5.74, 6) is -1.05. The molecule has 0 radical (unpaired) electrons. The van der Waals surface area contributed by atoms with Gasteiger partial charge in [0, 0.05) is 25.2 Å². The van der Waals surface area contributed by atoms with Crippen molar-refractivity contribution >= 4 is 11.7 Å². The number of hydrogen-bond donors (Lipinski definition) is 1. The molecule has 0 fully saturated rings. The lowest BCUT2D eigenvalue weighted by molar-refractivity contribution is -0.384. The summed E-state index contributed by atoms with van der Waals surface area (Å²) in [5, 5.41) is 19.7. The molecule has 1 aromatic carbocycles. The maximum absolute atomic E-state index is 11.1. The SMILES string of the molecule is CCCCO[C@H](Cc1cccc([N+](=O)[O-])c1)C(=O)O. The van der Waals surface area contributed by atoms with Crippen LogP contribution < -0.4 is 0 Å². The Hall–Kier alpha value is -1.95. The number of rotatable bonds is 8. The van der Waals surface area contributed by atoms with E-state index in [1.807, 2.05) is 6.92 Å². The van der Waals surface area contributed by atoms with Crippen LogP contribution in [0.25, 0.3) is 0 Å². The zero-order chi connectivity index (χ0) is 14.3. The second-order valence-electron chi connectivity index (χ2n) is 4.18. The predicted molar refractivity (Wildman–Crippen MR) is 69.1 cm³/mol. The highest BCUT2D eigenvalue weighted by Crippen LogP contribution is 2.15. The number of carboxylic acid groups (broad SMARTS) is 1. The monoisotopic (exact) mass is 267 g/mol. The standard InChI is InChI=1S/C13H17NO5/c1-2-3-7-19-12(13(15)16)9-10-5-4-6-11(8-10)14(17)18/h4-6,8,12H,2-3,7,9H2,1H3,(H,15,16)/t12-/m1/s1. The highest BCUT2D eigenvalue weighted by Gasteiger charge is 2.19. The average molecular weight is 267 g/mol. The number of nitrogens with zero attached hydrogens (tertiary/aromatic N) is 1. The molecule has 0 aliphatic heterocycles. The summed E-state index contributed by atoms with van der Waals surface area (Å²) in [4.78, 5) is 21.2. The molecule has 6 nitrogen and oxygen atoms in total. The molecule has 0 spiro atoms. The highest BCUT2D eigenvalue weighted by atomic mass is 16.6. The van der Waals surface area contributed by atoms with Crippen molar-refractivity contribution in [2.45, 2.75) is 32.3 Å². The molecule has 0 heterocycles. The van der Waals surface area contributed by atoms with Crippen molar-refractivity contribution in [2.75, 3.05) is 6.61 Å². The summed E-state index contributed by atoms with van der Waals surface area (Å²) in [6.45, 7) is 2.36. The second kappa shape index (κ2) is 7.48. The Kier molecular flexibility index (Phi) is 5.95. The number of unbranched alkanes of at least 4 members (excludes halogenated alkanes) is 1. The number of ether oxygens (including phenoxy) is 1. The van der Waals surface area contributed by atoms with Gasteiger partial charge in [0.25, 0.3) is 5.69 Å². The largest absolute Gasteiger partial charge is 0.479 e. The van der Waals surface area contributed by atoms with Crippen LogP contribution in [0.3, 0.4) is 0 Å². The molecular formula is C13H17NO5. The van der Waals surface area contributed by atoms with E-state index in [-0.39, 0.29) is 12.1 Å². The number of hydrogen-bond acceptors (Lipinski definition) is 4. The zero-order valence-corrected chi connectivity index (χ0v) is 10.7.